The van der Waals surface area contributed by atoms with Crippen molar-refractivity contribution in [2.24, 2.45) is 0 Å². The van der Waals surface area contributed by atoms with E-state index in [4.69, 9.17) is 11.6 Å². The van der Waals surface area contributed by atoms with E-state index in [0.717, 1.165) is 25.3 Å². The van der Waals surface area contributed by atoms with E-state index in [2.05, 4.69) is 17.6 Å². The van der Waals surface area contributed by atoms with Gasteiger partial charge < -0.3 is 10.6 Å². The van der Waals surface area contributed by atoms with E-state index in [0.29, 0.717) is 21.8 Å². The van der Waals surface area contributed by atoms with E-state index in [1.54, 1.807) is 24.3 Å². The molecule has 0 unspecified atom stereocenters. The normalized spacial score (nSPS) is 13.4. The van der Waals surface area contributed by atoms with Gasteiger partial charge in [0.25, 0.3) is 17.7 Å². The number of carbonyl (C=O) groups excluding carboxylic acids is 3. The predicted octanol–water partition coefficient (Wildman–Crippen LogP) is 5.86. The monoisotopic (exact) mass is 491 g/mol. The summed E-state index contributed by atoms with van der Waals surface area (Å²) in [6, 6.07) is 19.5. The maximum absolute atomic E-state index is 14.1. The molecule has 0 atom stereocenters. The van der Waals surface area contributed by atoms with Gasteiger partial charge >= 0.3 is 0 Å². The van der Waals surface area contributed by atoms with Gasteiger partial charge in [-0.3, -0.25) is 14.4 Å². The summed E-state index contributed by atoms with van der Waals surface area (Å²) in [5, 5.41) is 5.32. The average molecular weight is 492 g/mol. The minimum Gasteiger partial charge on any atom is -0.350 e. The number of carbonyl (C=O) groups is 3. The van der Waals surface area contributed by atoms with Gasteiger partial charge in [-0.15, -0.1) is 0 Å². The summed E-state index contributed by atoms with van der Waals surface area (Å²) in [5.74, 6) is -2.59. The van der Waals surface area contributed by atoms with E-state index in [1.165, 1.54) is 23.8 Å². The molecule has 1 aliphatic heterocycles. The van der Waals surface area contributed by atoms with Gasteiger partial charge in [-0.05, 0) is 66.9 Å². The van der Waals surface area contributed by atoms with Crippen LogP contribution in [0, 0.1) is 5.82 Å². The summed E-state index contributed by atoms with van der Waals surface area (Å²) in [7, 11) is 0. The lowest BCUT2D eigenvalue weighted by molar-refractivity contribution is -0.120. The summed E-state index contributed by atoms with van der Waals surface area (Å²) in [6.07, 6.45) is 3.25. The van der Waals surface area contributed by atoms with Gasteiger partial charge in [0.05, 0.1) is 5.69 Å². The van der Waals surface area contributed by atoms with Crippen molar-refractivity contribution in [3.63, 3.8) is 0 Å². The Balaban J connectivity index is 1.42. The third-order valence-electron chi connectivity index (χ3n) is 5.57. The molecule has 3 aromatic rings. The number of amides is 3. The van der Waals surface area contributed by atoms with Crippen LogP contribution in [0.4, 0.5) is 21.5 Å². The average Bonchev–Trinajstić information content (AvgIpc) is 3.07. The molecule has 0 spiro atoms. The standard InChI is InChI=1S/C27H23ClFN3O3/c1-2-3-6-17-9-13-20(14-10-17)31-25(33)18-11-15-19(16-12-18)30-24-23(28)26(34)32(27(24)35)22-8-5-4-7-21(22)29/h4-5,7-16,30H,2-3,6H2,1H3,(H,31,33). The highest BCUT2D eigenvalue weighted by Gasteiger charge is 2.40. The molecule has 6 nitrogen and oxygen atoms in total. The number of anilines is 3. The summed E-state index contributed by atoms with van der Waals surface area (Å²) in [5.41, 5.74) is 2.42. The molecule has 178 valence electrons. The van der Waals surface area contributed by atoms with Gasteiger partial charge in [-0.1, -0.05) is 49.2 Å². The highest BCUT2D eigenvalue weighted by molar-refractivity contribution is 6.53. The molecular weight excluding hydrogens is 469 g/mol. The molecule has 1 heterocycles. The van der Waals surface area contributed by atoms with E-state index < -0.39 is 17.6 Å². The number of rotatable bonds is 8. The van der Waals surface area contributed by atoms with Crippen LogP contribution in [-0.4, -0.2) is 17.7 Å². The summed E-state index contributed by atoms with van der Waals surface area (Å²) in [4.78, 5) is 38.6. The second kappa shape index (κ2) is 10.5. The molecule has 35 heavy (non-hydrogen) atoms. The van der Waals surface area contributed by atoms with Gasteiger partial charge in [-0.25, -0.2) is 9.29 Å². The van der Waals surface area contributed by atoms with Crippen molar-refractivity contribution < 1.29 is 18.8 Å². The number of benzene rings is 3. The number of aryl methyl sites for hydroxylation is 1. The SMILES string of the molecule is CCCCc1ccc(NC(=O)c2ccc(NC3=C(Cl)C(=O)N(c4ccccc4F)C3=O)cc2)cc1. The van der Waals surface area contributed by atoms with Crippen molar-refractivity contribution >= 4 is 46.4 Å². The maximum Gasteiger partial charge on any atom is 0.283 e. The fraction of sp³-hybridized carbons (Fsp3) is 0.148. The van der Waals surface area contributed by atoms with E-state index in [9.17, 15) is 18.8 Å². The smallest absolute Gasteiger partial charge is 0.283 e. The van der Waals surface area contributed by atoms with Crippen LogP contribution in [0.5, 0.6) is 0 Å². The Bertz CT molecular complexity index is 1300. The zero-order chi connectivity index (χ0) is 24.9. The van der Waals surface area contributed by atoms with Crippen LogP contribution in [0.1, 0.15) is 35.7 Å². The first-order chi connectivity index (χ1) is 16.9. The molecule has 0 fully saturated rings. The molecular formula is C27H23ClFN3O3. The Labute approximate surface area is 207 Å². The van der Waals surface area contributed by atoms with Crippen LogP contribution >= 0.6 is 11.6 Å². The third kappa shape index (κ3) is 5.25. The van der Waals surface area contributed by atoms with Crippen LogP contribution in [-0.2, 0) is 16.0 Å². The Kier molecular flexibility index (Phi) is 7.27. The highest BCUT2D eigenvalue weighted by Crippen LogP contribution is 2.31. The quantitative estimate of drug-likeness (QED) is 0.387. The molecule has 0 radical (unpaired) electrons. The minimum atomic E-state index is -0.819. The lowest BCUT2D eigenvalue weighted by atomic mass is 10.1. The van der Waals surface area contributed by atoms with E-state index in [1.807, 2.05) is 24.3 Å². The van der Waals surface area contributed by atoms with Crippen molar-refractivity contribution in [1.82, 2.24) is 0 Å². The zero-order valence-corrected chi connectivity index (χ0v) is 19.7. The van der Waals surface area contributed by atoms with Crippen LogP contribution < -0.4 is 15.5 Å². The number of halogens is 2. The molecule has 3 amide bonds. The molecule has 4 rings (SSSR count). The lowest BCUT2D eigenvalue weighted by Crippen LogP contribution is -2.33. The number of nitrogens with zero attached hydrogens (tertiary/aromatic N) is 1. The maximum atomic E-state index is 14.1. The molecule has 1 aliphatic rings. The fourth-order valence-corrected chi connectivity index (χ4v) is 3.86. The summed E-state index contributed by atoms with van der Waals surface area (Å²) < 4.78 is 14.1. The van der Waals surface area contributed by atoms with Crippen molar-refractivity contribution in [2.45, 2.75) is 26.2 Å². The Morgan fingerprint density at radius 2 is 1.57 bits per heavy atom. The van der Waals surface area contributed by atoms with Gasteiger partial charge in [0.2, 0.25) is 0 Å². The molecule has 0 aromatic heterocycles. The lowest BCUT2D eigenvalue weighted by Gasteiger charge is -2.15. The van der Waals surface area contributed by atoms with Crippen molar-refractivity contribution in [3.8, 4) is 0 Å². The Hall–Kier alpha value is -3.97. The summed E-state index contributed by atoms with van der Waals surface area (Å²) >= 11 is 6.10. The molecule has 0 saturated carbocycles. The second-order valence-electron chi connectivity index (χ2n) is 8.04. The molecule has 0 bridgehead atoms. The number of unbranched alkanes of at least 4 members (excludes halogenated alkanes) is 1. The highest BCUT2D eigenvalue weighted by atomic mass is 35.5. The van der Waals surface area contributed by atoms with Crippen molar-refractivity contribution in [1.29, 1.82) is 0 Å². The van der Waals surface area contributed by atoms with Crippen LogP contribution in [0.15, 0.2) is 83.5 Å². The Morgan fingerprint density at radius 1 is 0.914 bits per heavy atom. The largest absolute Gasteiger partial charge is 0.350 e. The van der Waals surface area contributed by atoms with Gasteiger partial charge in [0.15, 0.2) is 0 Å². The van der Waals surface area contributed by atoms with Crippen LogP contribution in [0.3, 0.4) is 0 Å². The van der Waals surface area contributed by atoms with E-state index >= 15 is 0 Å². The van der Waals surface area contributed by atoms with Crippen molar-refractivity contribution in [2.75, 3.05) is 15.5 Å². The van der Waals surface area contributed by atoms with Gasteiger partial charge in [-0.2, -0.15) is 0 Å². The van der Waals surface area contributed by atoms with Gasteiger partial charge in [0, 0.05) is 16.9 Å². The number of hydrogen-bond donors (Lipinski definition) is 2. The predicted molar refractivity (Wildman–Crippen MR) is 135 cm³/mol. The first-order valence-electron chi connectivity index (χ1n) is 11.2. The topological polar surface area (TPSA) is 78.5 Å². The zero-order valence-electron chi connectivity index (χ0n) is 19.0. The molecule has 8 heteroatoms. The van der Waals surface area contributed by atoms with Crippen molar-refractivity contribution in [3.05, 3.63) is 100 Å². The minimum absolute atomic E-state index is 0.166. The molecule has 0 aliphatic carbocycles. The number of para-hydroxylation sites is 1. The number of nitrogens with one attached hydrogen (secondary N) is 2. The Morgan fingerprint density at radius 3 is 2.23 bits per heavy atom. The van der Waals surface area contributed by atoms with Crippen LogP contribution in [0.2, 0.25) is 0 Å². The first kappa shape index (κ1) is 24.2. The first-order valence-corrected chi connectivity index (χ1v) is 11.6. The molecule has 0 saturated heterocycles. The second-order valence-corrected chi connectivity index (χ2v) is 8.42. The third-order valence-corrected chi connectivity index (χ3v) is 5.92. The van der Waals surface area contributed by atoms with E-state index in [-0.39, 0.29) is 22.3 Å². The molecule has 3 aromatic carbocycles. The summed E-state index contributed by atoms with van der Waals surface area (Å²) in [6.45, 7) is 2.15. The molecule has 2 N–H and O–H groups in total. The van der Waals surface area contributed by atoms with Gasteiger partial charge in [0.1, 0.15) is 16.5 Å². The number of hydrogen-bond acceptors (Lipinski definition) is 4. The van der Waals surface area contributed by atoms with Crippen LogP contribution in [0.25, 0.3) is 0 Å². The number of imide groups is 1. The fourth-order valence-electron chi connectivity index (χ4n) is 3.65.